The highest BCUT2D eigenvalue weighted by atomic mass is 19.4. The van der Waals surface area contributed by atoms with Gasteiger partial charge in [0.25, 0.3) is 0 Å². The smallest absolute Gasteiger partial charge is 0.407 e. The summed E-state index contributed by atoms with van der Waals surface area (Å²) in [6, 6.07) is 11.4. The zero-order chi connectivity index (χ0) is 20.9. The molecule has 0 spiro atoms. The normalized spacial score (nSPS) is 11.0. The predicted molar refractivity (Wildman–Crippen MR) is 103 cm³/mol. The van der Waals surface area contributed by atoms with Gasteiger partial charge in [-0.1, -0.05) is 18.2 Å². The molecule has 7 nitrogen and oxygen atoms in total. The number of H-pyrrole nitrogens is 1. The van der Waals surface area contributed by atoms with E-state index in [0.717, 1.165) is 11.8 Å². The van der Waals surface area contributed by atoms with Crippen LogP contribution in [0.1, 0.15) is 11.3 Å². The SMILES string of the molecule is [C-]#[N+]c1c(C(F)(F)F)cc(Nc2cc(C)[nH]n2)nc1NCCOc1ccccc1. The van der Waals surface area contributed by atoms with Gasteiger partial charge in [-0.2, -0.15) is 18.3 Å². The maximum Gasteiger partial charge on any atom is 0.407 e. The summed E-state index contributed by atoms with van der Waals surface area (Å²) < 4.78 is 45.9. The van der Waals surface area contributed by atoms with E-state index in [1.807, 2.05) is 18.2 Å². The number of aryl methyl sites for hydroxylation is 1. The van der Waals surface area contributed by atoms with Crippen molar-refractivity contribution in [2.24, 2.45) is 0 Å². The van der Waals surface area contributed by atoms with E-state index in [2.05, 4.69) is 30.7 Å². The second kappa shape index (κ2) is 8.52. The van der Waals surface area contributed by atoms with Crippen LogP contribution in [-0.2, 0) is 6.18 Å². The number of rotatable bonds is 7. The largest absolute Gasteiger partial charge is 0.492 e. The van der Waals surface area contributed by atoms with Crippen LogP contribution in [0, 0.1) is 13.5 Å². The Morgan fingerprint density at radius 1 is 1.17 bits per heavy atom. The number of hydrogen-bond donors (Lipinski definition) is 3. The Hall–Kier alpha value is -3.74. The van der Waals surface area contributed by atoms with Crippen molar-refractivity contribution in [2.75, 3.05) is 23.8 Å². The Balaban J connectivity index is 1.81. The lowest BCUT2D eigenvalue weighted by Gasteiger charge is -2.16. The molecule has 2 heterocycles. The molecule has 3 N–H and O–H groups in total. The van der Waals surface area contributed by atoms with Gasteiger partial charge in [-0.05, 0) is 25.1 Å². The average molecular weight is 402 g/mol. The molecule has 0 fully saturated rings. The van der Waals surface area contributed by atoms with Crippen LogP contribution in [0.5, 0.6) is 5.75 Å². The van der Waals surface area contributed by atoms with Gasteiger partial charge in [0.05, 0.1) is 12.1 Å². The molecule has 0 amide bonds. The molecular weight excluding hydrogens is 385 g/mol. The van der Waals surface area contributed by atoms with Crippen molar-refractivity contribution in [3.63, 3.8) is 0 Å². The first-order valence-corrected chi connectivity index (χ1v) is 8.57. The molecule has 3 rings (SSSR count). The van der Waals surface area contributed by atoms with Gasteiger partial charge in [-0.3, -0.25) is 5.10 Å². The summed E-state index contributed by atoms with van der Waals surface area (Å²) in [6.07, 6.45) is -4.71. The topological polar surface area (TPSA) is 79.2 Å². The Morgan fingerprint density at radius 2 is 1.93 bits per heavy atom. The van der Waals surface area contributed by atoms with Crippen LogP contribution in [-0.4, -0.2) is 28.3 Å². The molecule has 0 aliphatic heterocycles. The van der Waals surface area contributed by atoms with Crippen molar-refractivity contribution >= 4 is 23.1 Å². The van der Waals surface area contributed by atoms with Crippen LogP contribution in [0.4, 0.5) is 36.3 Å². The summed E-state index contributed by atoms with van der Waals surface area (Å²) in [7, 11) is 0. The number of nitrogens with zero attached hydrogens (tertiary/aromatic N) is 3. The monoisotopic (exact) mass is 402 g/mol. The number of nitrogens with one attached hydrogen (secondary N) is 3. The van der Waals surface area contributed by atoms with E-state index >= 15 is 0 Å². The molecule has 0 aliphatic carbocycles. The lowest BCUT2D eigenvalue weighted by Crippen LogP contribution is -2.15. The molecule has 10 heteroatoms. The minimum Gasteiger partial charge on any atom is -0.492 e. The standard InChI is InChI=1S/C19H17F3N6O/c1-12-10-16(28-27-12)25-15-11-14(19(20,21)22)17(23-2)18(26-15)24-8-9-29-13-6-4-3-5-7-13/h3-7,10-11H,8-9H2,1H3,(H3,24,25,26,27,28). The minimum absolute atomic E-state index is 0.0808. The van der Waals surface area contributed by atoms with Crippen molar-refractivity contribution in [3.05, 3.63) is 65.1 Å². The number of pyridine rings is 1. The summed E-state index contributed by atoms with van der Waals surface area (Å²) >= 11 is 0. The molecule has 0 unspecified atom stereocenters. The second-order valence-corrected chi connectivity index (χ2v) is 6.01. The zero-order valence-electron chi connectivity index (χ0n) is 15.3. The zero-order valence-corrected chi connectivity index (χ0v) is 15.3. The third kappa shape index (κ3) is 5.16. The van der Waals surface area contributed by atoms with E-state index in [1.165, 1.54) is 0 Å². The van der Waals surface area contributed by atoms with Crippen LogP contribution in [0.2, 0.25) is 0 Å². The van der Waals surface area contributed by atoms with Crippen molar-refractivity contribution in [2.45, 2.75) is 13.1 Å². The number of hydrogen-bond acceptors (Lipinski definition) is 5. The van der Waals surface area contributed by atoms with Gasteiger partial charge < -0.3 is 15.4 Å². The number of alkyl halides is 3. The van der Waals surface area contributed by atoms with E-state index in [1.54, 1.807) is 25.1 Å². The number of halogens is 3. The molecule has 0 saturated carbocycles. The van der Waals surface area contributed by atoms with Gasteiger partial charge in [-0.15, -0.1) is 0 Å². The molecule has 2 aromatic heterocycles. The first kappa shape index (κ1) is 20.0. The first-order valence-electron chi connectivity index (χ1n) is 8.57. The fourth-order valence-electron chi connectivity index (χ4n) is 2.52. The van der Waals surface area contributed by atoms with E-state index < -0.39 is 17.4 Å². The molecule has 0 saturated heterocycles. The highest BCUT2D eigenvalue weighted by Crippen LogP contribution is 2.41. The predicted octanol–water partition coefficient (Wildman–Crippen LogP) is 4.92. The van der Waals surface area contributed by atoms with Gasteiger partial charge in [0, 0.05) is 18.3 Å². The average Bonchev–Trinajstić information content (AvgIpc) is 3.09. The van der Waals surface area contributed by atoms with E-state index in [9.17, 15) is 13.2 Å². The Morgan fingerprint density at radius 3 is 2.55 bits per heavy atom. The highest BCUT2D eigenvalue weighted by Gasteiger charge is 2.36. The van der Waals surface area contributed by atoms with E-state index in [0.29, 0.717) is 11.6 Å². The summed E-state index contributed by atoms with van der Waals surface area (Å²) in [4.78, 5) is 7.16. The molecule has 0 radical (unpaired) electrons. The number of aromatic amines is 1. The maximum absolute atomic E-state index is 13.5. The highest BCUT2D eigenvalue weighted by molar-refractivity contribution is 5.74. The van der Waals surface area contributed by atoms with Crippen LogP contribution in [0.15, 0.2) is 42.5 Å². The van der Waals surface area contributed by atoms with Crippen molar-refractivity contribution in [1.82, 2.24) is 15.2 Å². The number of ether oxygens (including phenoxy) is 1. The molecule has 29 heavy (non-hydrogen) atoms. The fraction of sp³-hybridized carbons (Fsp3) is 0.211. The van der Waals surface area contributed by atoms with Gasteiger partial charge in [0.1, 0.15) is 24.0 Å². The Bertz CT molecular complexity index is 1010. The summed E-state index contributed by atoms with van der Waals surface area (Å²) in [6.45, 7) is 9.29. The fourth-order valence-corrected chi connectivity index (χ4v) is 2.52. The van der Waals surface area contributed by atoms with Crippen LogP contribution in [0.3, 0.4) is 0 Å². The van der Waals surface area contributed by atoms with Crippen molar-refractivity contribution in [3.8, 4) is 5.75 Å². The lowest BCUT2D eigenvalue weighted by atomic mass is 10.2. The molecular formula is C19H17F3N6O. The minimum atomic E-state index is -4.71. The molecule has 0 atom stereocenters. The van der Waals surface area contributed by atoms with Gasteiger partial charge >= 0.3 is 6.18 Å². The van der Waals surface area contributed by atoms with Crippen LogP contribution < -0.4 is 15.4 Å². The van der Waals surface area contributed by atoms with Crippen molar-refractivity contribution < 1.29 is 17.9 Å². The Labute approximate surface area is 164 Å². The summed E-state index contributed by atoms with van der Waals surface area (Å²) in [5.41, 5.74) is -0.942. The molecule has 0 aliphatic rings. The van der Waals surface area contributed by atoms with Crippen LogP contribution >= 0.6 is 0 Å². The van der Waals surface area contributed by atoms with Crippen molar-refractivity contribution in [1.29, 1.82) is 0 Å². The molecule has 150 valence electrons. The second-order valence-electron chi connectivity index (χ2n) is 6.01. The first-order chi connectivity index (χ1) is 13.9. The number of anilines is 3. The van der Waals surface area contributed by atoms with Gasteiger partial charge in [-0.25, -0.2) is 9.83 Å². The third-order valence-electron chi connectivity index (χ3n) is 3.78. The number of aromatic nitrogens is 3. The van der Waals surface area contributed by atoms with Gasteiger partial charge in [0.2, 0.25) is 5.69 Å². The number of benzene rings is 1. The number of para-hydroxylation sites is 1. The summed E-state index contributed by atoms with van der Waals surface area (Å²) in [5, 5.41) is 12.1. The van der Waals surface area contributed by atoms with E-state index in [-0.39, 0.29) is 24.8 Å². The molecule has 0 bridgehead atoms. The quantitative estimate of drug-likeness (QED) is 0.386. The maximum atomic E-state index is 13.5. The third-order valence-corrected chi connectivity index (χ3v) is 3.78. The van der Waals surface area contributed by atoms with E-state index in [4.69, 9.17) is 11.3 Å². The van der Waals surface area contributed by atoms with Crippen LogP contribution in [0.25, 0.3) is 4.85 Å². The summed E-state index contributed by atoms with van der Waals surface area (Å²) in [5.74, 6) is 0.689. The van der Waals surface area contributed by atoms with Gasteiger partial charge in [0.15, 0.2) is 5.82 Å². The Kier molecular flexibility index (Phi) is 5.87. The molecule has 1 aromatic carbocycles. The molecule has 3 aromatic rings. The lowest BCUT2D eigenvalue weighted by molar-refractivity contribution is -0.136.